The minimum atomic E-state index is -3.25. The van der Waals surface area contributed by atoms with Gasteiger partial charge in [-0.25, -0.2) is 0 Å². The highest BCUT2D eigenvalue weighted by Crippen LogP contribution is 2.14. The molecule has 0 spiro atoms. The van der Waals surface area contributed by atoms with E-state index < -0.39 is 17.9 Å². The Morgan fingerprint density at radius 1 is 0.840 bits per heavy atom. The van der Waals surface area contributed by atoms with Gasteiger partial charge in [0.1, 0.15) is 0 Å². The summed E-state index contributed by atoms with van der Waals surface area (Å²) in [6, 6.07) is 0.827. The molecule has 154 valence electrons. The Morgan fingerprint density at radius 3 is 1.60 bits per heavy atom. The quantitative estimate of drug-likeness (QED) is 0.263. The van der Waals surface area contributed by atoms with Crippen LogP contribution in [-0.2, 0) is 26.6 Å². The number of rotatable bonds is 15. The van der Waals surface area contributed by atoms with Gasteiger partial charge in [0.2, 0.25) is 0 Å². The summed E-state index contributed by atoms with van der Waals surface area (Å²) in [5, 5.41) is 3.21. The van der Waals surface area contributed by atoms with Crippen molar-refractivity contribution in [2.75, 3.05) is 60.8 Å². The van der Waals surface area contributed by atoms with Gasteiger partial charge in [-0.15, -0.1) is 0 Å². The molecule has 0 atom stereocenters. The highest BCUT2D eigenvalue weighted by atomic mass is 28.4. The van der Waals surface area contributed by atoms with Crippen LogP contribution in [0.15, 0.2) is 0 Å². The third-order valence-corrected chi connectivity index (χ3v) is 7.86. The standard InChI is InChI=1S/C8H22N2O3Si.C6H16O4Si/c1-11-14(12-2,13-3)8-4-6-10-7-5-9;1-4-8-11(7,9-5-2)10-6-3/h10H,4-9H2,1-3H3;7H,4-6H2,1-3H3. The number of hydrogen-bond acceptors (Lipinski definition) is 9. The van der Waals surface area contributed by atoms with Crippen molar-refractivity contribution >= 4 is 17.9 Å². The lowest BCUT2D eigenvalue weighted by Gasteiger charge is -2.24. The van der Waals surface area contributed by atoms with Gasteiger partial charge < -0.3 is 42.4 Å². The van der Waals surface area contributed by atoms with Crippen molar-refractivity contribution in [2.45, 2.75) is 33.2 Å². The summed E-state index contributed by atoms with van der Waals surface area (Å²) in [6.07, 6.45) is 0.974. The number of nitrogens with two attached hydrogens (primary N) is 1. The zero-order valence-electron chi connectivity index (χ0n) is 16.6. The van der Waals surface area contributed by atoms with Crippen LogP contribution in [0.1, 0.15) is 27.2 Å². The first kappa shape index (κ1) is 27.3. The number of nitrogens with one attached hydrogen (secondary N) is 1. The van der Waals surface area contributed by atoms with Gasteiger partial charge in [0, 0.05) is 60.3 Å². The molecule has 25 heavy (non-hydrogen) atoms. The molecule has 0 aliphatic carbocycles. The maximum atomic E-state index is 9.48. The maximum Gasteiger partial charge on any atom is 0.676 e. The smallest absolute Gasteiger partial charge is 0.377 e. The lowest BCUT2D eigenvalue weighted by Crippen LogP contribution is -2.46. The Kier molecular flexibility index (Phi) is 19.1. The van der Waals surface area contributed by atoms with Gasteiger partial charge in [0.15, 0.2) is 0 Å². The SMILES string of the molecule is CCO[Si](O)(OCC)OCC.CO[Si](CCCNCCN)(OC)OC. The first-order chi connectivity index (χ1) is 11.9. The zero-order valence-corrected chi connectivity index (χ0v) is 18.6. The molecular formula is C14H38N2O7Si2. The van der Waals surface area contributed by atoms with Crippen LogP contribution in [0.5, 0.6) is 0 Å². The van der Waals surface area contributed by atoms with Gasteiger partial charge in [-0.05, 0) is 33.7 Å². The van der Waals surface area contributed by atoms with Gasteiger partial charge >= 0.3 is 17.9 Å². The second-order valence-electron chi connectivity index (χ2n) is 4.76. The van der Waals surface area contributed by atoms with E-state index in [1.807, 2.05) is 0 Å². The molecular weight excluding hydrogens is 364 g/mol. The maximum absolute atomic E-state index is 9.48. The molecule has 0 radical (unpaired) electrons. The van der Waals surface area contributed by atoms with Crippen molar-refractivity contribution in [1.29, 1.82) is 0 Å². The first-order valence-electron chi connectivity index (χ1n) is 8.63. The van der Waals surface area contributed by atoms with E-state index in [1.165, 1.54) is 0 Å². The van der Waals surface area contributed by atoms with Crippen molar-refractivity contribution < 1.29 is 31.4 Å². The average Bonchev–Trinajstić information content (AvgIpc) is 2.60. The van der Waals surface area contributed by atoms with E-state index in [4.69, 9.17) is 32.3 Å². The van der Waals surface area contributed by atoms with Crippen molar-refractivity contribution in [2.24, 2.45) is 5.73 Å². The highest BCUT2D eigenvalue weighted by molar-refractivity contribution is 6.60. The molecule has 0 aromatic carbocycles. The summed E-state index contributed by atoms with van der Waals surface area (Å²) in [5.41, 5.74) is 5.35. The largest absolute Gasteiger partial charge is 0.676 e. The summed E-state index contributed by atoms with van der Waals surface area (Å²) >= 11 is 0. The monoisotopic (exact) mass is 402 g/mol. The van der Waals surface area contributed by atoms with E-state index in [0.717, 1.165) is 25.6 Å². The molecule has 0 aliphatic heterocycles. The third kappa shape index (κ3) is 13.9. The normalized spacial score (nSPS) is 12.0. The summed E-state index contributed by atoms with van der Waals surface area (Å²) < 4.78 is 30.7. The van der Waals surface area contributed by atoms with Crippen LogP contribution in [0.25, 0.3) is 0 Å². The second kappa shape index (κ2) is 17.5. The van der Waals surface area contributed by atoms with Crippen LogP contribution in [0, 0.1) is 0 Å². The molecule has 4 N–H and O–H groups in total. The van der Waals surface area contributed by atoms with Gasteiger partial charge in [0.05, 0.1) is 0 Å². The van der Waals surface area contributed by atoms with Crippen molar-refractivity contribution in [3.63, 3.8) is 0 Å². The topological polar surface area (TPSA) is 114 Å². The lowest BCUT2D eigenvalue weighted by atomic mass is 10.5. The van der Waals surface area contributed by atoms with Crippen LogP contribution < -0.4 is 11.1 Å². The van der Waals surface area contributed by atoms with Gasteiger partial charge in [-0.1, -0.05) is 0 Å². The minimum Gasteiger partial charge on any atom is -0.377 e. The fourth-order valence-corrected chi connectivity index (χ4v) is 4.95. The lowest BCUT2D eigenvalue weighted by molar-refractivity contribution is 0.00146. The molecule has 9 nitrogen and oxygen atoms in total. The second-order valence-corrected chi connectivity index (χ2v) is 9.77. The molecule has 11 heteroatoms. The third-order valence-electron chi connectivity index (χ3n) is 3.07. The Bertz CT molecular complexity index is 263. The van der Waals surface area contributed by atoms with Crippen LogP contribution in [0.2, 0.25) is 6.04 Å². The minimum absolute atomic E-state index is 0.405. The summed E-state index contributed by atoms with van der Waals surface area (Å²) in [4.78, 5) is 9.48. The van der Waals surface area contributed by atoms with Crippen molar-refractivity contribution in [1.82, 2.24) is 5.32 Å². The Labute approximate surface area is 154 Å². The first-order valence-corrected chi connectivity index (χ1v) is 12.2. The molecule has 0 fully saturated rings. The average molecular weight is 403 g/mol. The van der Waals surface area contributed by atoms with Gasteiger partial charge in [-0.3, -0.25) is 0 Å². The molecule has 0 aromatic rings. The van der Waals surface area contributed by atoms with Crippen LogP contribution in [-0.4, -0.2) is 83.4 Å². The van der Waals surface area contributed by atoms with Crippen molar-refractivity contribution in [3.05, 3.63) is 0 Å². The van der Waals surface area contributed by atoms with E-state index >= 15 is 0 Å². The summed E-state index contributed by atoms with van der Waals surface area (Å²) in [5.74, 6) is 0. The molecule has 0 heterocycles. The molecule has 0 rings (SSSR count). The van der Waals surface area contributed by atoms with Gasteiger partial charge in [-0.2, -0.15) is 0 Å². The predicted molar refractivity (Wildman–Crippen MR) is 101 cm³/mol. The van der Waals surface area contributed by atoms with Gasteiger partial charge in [0.25, 0.3) is 0 Å². The Hall–Kier alpha value is 0.0738. The number of hydrogen-bond donors (Lipinski definition) is 3. The van der Waals surface area contributed by atoms with E-state index in [-0.39, 0.29) is 0 Å². The molecule has 0 bridgehead atoms. The van der Waals surface area contributed by atoms with E-state index in [2.05, 4.69) is 5.32 Å². The predicted octanol–water partition coefficient (Wildman–Crippen LogP) is 0.327. The molecule has 0 saturated heterocycles. The Morgan fingerprint density at radius 2 is 1.28 bits per heavy atom. The highest BCUT2D eigenvalue weighted by Gasteiger charge is 2.39. The Balaban J connectivity index is 0. The van der Waals surface area contributed by atoms with Crippen LogP contribution in [0.3, 0.4) is 0 Å². The van der Waals surface area contributed by atoms with Crippen molar-refractivity contribution in [3.8, 4) is 0 Å². The zero-order chi connectivity index (χ0) is 19.6. The van der Waals surface area contributed by atoms with E-state index in [1.54, 1.807) is 42.1 Å². The fraction of sp³-hybridized carbons (Fsp3) is 1.00. The molecule has 0 amide bonds. The van der Waals surface area contributed by atoms with E-state index in [9.17, 15) is 4.80 Å². The van der Waals surface area contributed by atoms with Crippen LogP contribution in [0.4, 0.5) is 0 Å². The molecule has 0 aliphatic rings. The van der Waals surface area contributed by atoms with Crippen LogP contribution >= 0.6 is 0 Å². The summed E-state index contributed by atoms with van der Waals surface area (Å²) in [7, 11) is -0.704. The molecule has 0 unspecified atom stereocenters. The summed E-state index contributed by atoms with van der Waals surface area (Å²) in [6.45, 7) is 9.02. The molecule has 0 aromatic heterocycles. The molecule has 0 saturated carbocycles. The van der Waals surface area contributed by atoms with E-state index in [0.29, 0.717) is 26.4 Å². The fourth-order valence-electron chi connectivity index (χ4n) is 1.89.